The van der Waals surface area contributed by atoms with Gasteiger partial charge < -0.3 is 34.1 Å². The molecule has 10 heteroatoms. The number of amides is 3. The highest BCUT2D eigenvalue weighted by atomic mass is 16.7. The minimum Gasteiger partial charge on any atom is -0.493 e. The molecule has 1 unspecified atom stereocenters. The molecular formula is C25H30N4O6. The van der Waals surface area contributed by atoms with E-state index in [1.165, 1.54) is 0 Å². The largest absolute Gasteiger partial charge is 0.493 e. The van der Waals surface area contributed by atoms with Gasteiger partial charge in [0.2, 0.25) is 12.7 Å². The highest BCUT2D eigenvalue weighted by Gasteiger charge is 2.33. The van der Waals surface area contributed by atoms with E-state index < -0.39 is 0 Å². The lowest BCUT2D eigenvalue weighted by Crippen LogP contribution is -2.53. The summed E-state index contributed by atoms with van der Waals surface area (Å²) in [6.07, 6.45) is 0.268. The van der Waals surface area contributed by atoms with Gasteiger partial charge in [-0.1, -0.05) is 6.07 Å². The Kier molecular flexibility index (Phi) is 6.54. The maximum atomic E-state index is 12.9. The van der Waals surface area contributed by atoms with Crippen LogP contribution in [0.1, 0.15) is 12.0 Å². The van der Waals surface area contributed by atoms with Gasteiger partial charge in [-0.3, -0.25) is 9.69 Å². The van der Waals surface area contributed by atoms with E-state index >= 15 is 0 Å². The molecule has 0 aliphatic carbocycles. The van der Waals surface area contributed by atoms with Crippen molar-refractivity contribution in [2.75, 3.05) is 58.6 Å². The number of anilines is 1. The van der Waals surface area contributed by atoms with Crippen LogP contribution >= 0.6 is 0 Å². The fraction of sp³-hybridized carbons (Fsp3) is 0.440. The fourth-order valence-electron chi connectivity index (χ4n) is 4.72. The standard InChI is InChI=1S/C25H30N4O6/c1-32-20-6-4-19(13-22(20)33-2)29-15-18(12-24(29)30)26-25(31)28-9-7-27(8-10-28)14-17-3-5-21-23(11-17)35-16-34-21/h3-6,11,13,18H,7-10,12,14-16H2,1-2H3,(H,26,31). The number of hydrogen-bond donors (Lipinski definition) is 1. The summed E-state index contributed by atoms with van der Waals surface area (Å²) in [4.78, 5) is 31.3. The Bertz CT molecular complexity index is 1100. The summed E-state index contributed by atoms with van der Waals surface area (Å²) in [6, 6.07) is 11.0. The number of nitrogens with one attached hydrogen (secondary N) is 1. The number of urea groups is 1. The Morgan fingerprint density at radius 2 is 1.77 bits per heavy atom. The van der Waals surface area contributed by atoms with Gasteiger partial charge in [0.05, 0.1) is 20.3 Å². The lowest BCUT2D eigenvalue weighted by molar-refractivity contribution is -0.117. The summed E-state index contributed by atoms with van der Waals surface area (Å²) in [5, 5.41) is 3.04. The third-order valence-electron chi connectivity index (χ3n) is 6.63. The number of carbonyl (C=O) groups is 2. The monoisotopic (exact) mass is 482 g/mol. The number of ether oxygens (including phenoxy) is 4. The predicted molar refractivity (Wildman–Crippen MR) is 128 cm³/mol. The normalized spacial score (nSPS) is 19.7. The Balaban J connectivity index is 1.11. The van der Waals surface area contributed by atoms with E-state index in [0.29, 0.717) is 31.1 Å². The molecule has 0 saturated carbocycles. The molecule has 5 rings (SSSR count). The second kappa shape index (κ2) is 9.91. The zero-order valence-corrected chi connectivity index (χ0v) is 20.0. The maximum absolute atomic E-state index is 12.9. The molecule has 2 saturated heterocycles. The van der Waals surface area contributed by atoms with Crippen LogP contribution in [0.5, 0.6) is 23.0 Å². The predicted octanol–water partition coefficient (Wildman–Crippen LogP) is 2.07. The Morgan fingerprint density at radius 1 is 1.00 bits per heavy atom. The van der Waals surface area contributed by atoms with Gasteiger partial charge in [-0.25, -0.2) is 4.79 Å². The average molecular weight is 483 g/mol. The Labute approximate surface area is 204 Å². The summed E-state index contributed by atoms with van der Waals surface area (Å²) < 4.78 is 21.5. The molecular weight excluding hydrogens is 452 g/mol. The van der Waals surface area contributed by atoms with Crippen LogP contribution in [0, 0.1) is 0 Å². The van der Waals surface area contributed by atoms with Crippen LogP contribution in [-0.4, -0.2) is 81.5 Å². The molecule has 0 spiro atoms. The van der Waals surface area contributed by atoms with Gasteiger partial charge in [-0.15, -0.1) is 0 Å². The first kappa shape index (κ1) is 23.1. The number of hydrogen-bond acceptors (Lipinski definition) is 7. The van der Waals surface area contributed by atoms with Crippen LogP contribution in [0.15, 0.2) is 36.4 Å². The van der Waals surface area contributed by atoms with Crippen molar-refractivity contribution in [3.63, 3.8) is 0 Å². The molecule has 1 N–H and O–H groups in total. The van der Waals surface area contributed by atoms with Crippen LogP contribution in [0.25, 0.3) is 0 Å². The SMILES string of the molecule is COc1ccc(N2CC(NC(=O)N3CCN(Cc4ccc5c(c4)OCO5)CC3)CC2=O)cc1OC. The molecule has 186 valence electrons. The number of benzene rings is 2. The molecule has 3 heterocycles. The number of fused-ring (bicyclic) bond motifs is 1. The molecule has 3 aliphatic heterocycles. The molecule has 0 aromatic heterocycles. The minimum atomic E-state index is -0.241. The van der Waals surface area contributed by atoms with E-state index in [1.54, 1.807) is 31.3 Å². The first-order valence-electron chi connectivity index (χ1n) is 11.7. The van der Waals surface area contributed by atoms with E-state index in [2.05, 4.69) is 10.2 Å². The molecule has 2 aromatic carbocycles. The fourth-order valence-corrected chi connectivity index (χ4v) is 4.72. The second-order valence-electron chi connectivity index (χ2n) is 8.84. The Hall–Kier alpha value is -3.66. The van der Waals surface area contributed by atoms with Crippen LogP contribution in [0.2, 0.25) is 0 Å². The third kappa shape index (κ3) is 4.93. The van der Waals surface area contributed by atoms with Gasteiger partial charge in [0, 0.05) is 57.4 Å². The van der Waals surface area contributed by atoms with Crippen molar-refractivity contribution in [2.45, 2.75) is 19.0 Å². The molecule has 0 bridgehead atoms. The van der Waals surface area contributed by atoms with E-state index in [1.807, 2.05) is 29.2 Å². The Morgan fingerprint density at radius 3 is 2.54 bits per heavy atom. The van der Waals surface area contributed by atoms with Gasteiger partial charge in [-0.05, 0) is 29.8 Å². The lowest BCUT2D eigenvalue weighted by atomic mass is 10.1. The van der Waals surface area contributed by atoms with Crippen LogP contribution in [0.4, 0.5) is 10.5 Å². The third-order valence-corrected chi connectivity index (χ3v) is 6.63. The number of rotatable bonds is 6. The number of piperazine rings is 1. The van der Waals surface area contributed by atoms with Crippen molar-refractivity contribution in [1.82, 2.24) is 15.1 Å². The average Bonchev–Trinajstić information content (AvgIpc) is 3.49. The molecule has 3 aliphatic rings. The van der Waals surface area contributed by atoms with Gasteiger partial charge in [0.1, 0.15) is 0 Å². The summed E-state index contributed by atoms with van der Waals surface area (Å²) in [5.74, 6) is 2.70. The van der Waals surface area contributed by atoms with Gasteiger partial charge in [-0.2, -0.15) is 0 Å². The van der Waals surface area contributed by atoms with Crippen LogP contribution in [0.3, 0.4) is 0 Å². The first-order chi connectivity index (χ1) is 17.0. The highest BCUT2D eigenvalue weighted by molar-refractivity contribution is 5.97. The van der Waals surface area contributed by atoms with Gasteiger partial charge >= 0.3 is 6.03 Å². The second-order valence-corrected chi connectivity index (χ2v) is 8.84. The van der Waals surface area contributed by atoms with Crippen LogP contribution < -0.4 is 29.2 Å². The van der Waals surface area contributed by atoms with Crippen LogP contribution in [-0.2, 0) is 11.3 Å². The zero-order chi connectivity index (χ0) is 24.4. The zero-order valence-electron chi connectivity index (χ0n) is 20.0. The topological polar surface area (TPSA) is 92.8 Å². The van der Waals surface area contributed by atoms with Crippen molar-refractivity contribution in [3.05, 3.63) is 42.0 Å². The van der Waals surface area contributed by atoms with Gasteiger partial charge in [0.15, 0.2) is 23.0 Å². The summed E-state index contributed by atoms with van der Waals surface area (Å²) in [5.41, 5.74) is 1.88. The lowest BCUT2D eigenvalue weighted by Gasteiger charge is -2.35. The van der Waals surface area contributed by atoms with Gasteiger partial charge in [0.25, 0.3) is 0 Å². The number of methoxy groups -OCH3 is 2. The molecule has 35 heavy (non-hydrogen) atoms. The maximum Gasteiger partial charge on any atom is 0.317 e. The number of carbonyl (C=O) groups excluding carboxylic acids is 2. The molecule has 2 aromatic rings. The van der Waals surface area contributed by atoms with E-state index in [9.17, 15) is 9.59 Å². The van der Waals surface area contributed by atoms with E-state index in [-0.39, 0.29) is 31.2 Å². The van der Waals surface area contributed by atoms with E-state index in [0.717, 1.165) is 42.4 Å². The molecule has 3 amide bonds. The van der Waals surface area contributed by atoms with Crippen molar-refractivity contribution in [3.8, 4) is 23.0 Å². The van der Waals surface area contributed by atoms with Crippen molar-refractivity contribution in [2.24, 2.45) is 0 Å². The smallest absolute Gasteiger partial charge is 0.317 e. The summed E-state index contributed by atoms with van der Waals surface area (Å²) >= 11 is 0. The van der Waals surface area contributed by atoms with Crippen molar-refractivity contribution < 1.29 is 28.5 Å². The number of nitrogens with zero attached hydrogens (tertiary/aromatic N) is 3. The molecule has 0 radical (unpaired) electrons. The quantitative estimate of drug-likeness (QED) is 0.674. The molecule has 1 atom stereocenters. The van der Waals surface area contributed by atoms with Crippen molar-refractivity contribution in [1.29, 1.82) is 0 Å². The summed E-state index contributed by atoms with van der Waals surface area (Å²) in [6.45, 7) is 4.32. The summed E-state index contributed by atoms with van der Waals surface area (Å²) in [7, 11) is 3.13. The highest BCUT2D eigenvalue weighted by Crippen LogP contribution is 2.34. The molecule has 2 fully saturated rings. The minimum absolute atomic E-state index is 0.0314. The van der Waals surface area contributed by atoms with E-state index in [4.69, 9.17) is 18.9 Å². The molecule has 10 nitrogen and oxygen atoms in total. The first-order valence-corrected chi connectivity index (χ1v) is 11.7. The van der Waals surface area contributed by atoms with Crippen molar-refractivity contribution >= 4 is 17.6 Å².